The molecule has 0 aliphatic rings. The molecule has 32 heavy (non-hydrogen) atoms. The SMILES string of the molecule is CCCCCCCCCCCCCCCCCN(C)c1cc(C#N)c(C#N)cc1[N+](=O)[O-]. The van der Waals surface area contributed by atoms with Crippen molar-refractivity contribution in [3.63, 3.8) is 0 Å². The first kappa shape index (κ1) is 27.4. The van der Waals surface area contributed by atoms with Gasteiger partial charge in [-0.3, -0.25) is 10.1 Å². The van der Waals surface area contributed by atoms with Gasteiger partial charge in [0.05, 0.1) is 16.1 Å². The van der Waals surface area contributed by atoms with Gasteiger partial charge in [0, 0.05) is 19.7 Å². The van der Waals surface area contributed by atoms with Crippen molar-refractivity contribution < 1.29 is 4.92 Å². The number of nitrogens with zero attached hydrogens (tertiary/aromatic N) is 4. The summed E-state index contributed by atoms with van der Waals surface area (Å²) in [6.07, 6.45) is 19.5. The van der Waals surface area contributed by atoms with E-state index in [2.05, 4.69) is 6.92 Å². The van der Waals surface area contributed by atoms with Gasteiger partial charge in [-0.15, -0.1) is 0 Å². The lowest BCUT2D eigenvalue weighted by Crippen LogP contribution is -2.20. The van der Waals surface area contributed by atoms with Crippen molar-refractivity contribution in [3.05, 3.63) is 33.4 Å². The number of rotatable bonds is 18. The summed E-state index contributed by atoms with van der Waals surface area (Å²) in [5, 5.41) is 29.7. The fraction of sp³-hybridized carbons (Fsp3) is 0.692. The zero-order valence-corrected chi connectivity index (χ0v) is 20.1. The van der Waals surface area contributed by atoms with Gasteiger partial charge in [-0.2, -0.15) is 10.5 Å². The zero-order valence-electron chi connectivity index (χ0n) is 20.1. The molecular weight excluding hydrogens is 400 g/mol. The molecule has 0 bridgehead atoms. The van der Waals surface area contributed by atoms with E-state index < -0.39 is 4.92 Å². The molecule has 0 N–H and O–H groups in total. The molecule has 6 nitrogen and oxygen atoms in total. The van der Waals surface area contributed by atoms with E-state index >= 15 is 0 Å². The van der Waals surface area contributed by atoms with Crippen LogP contribution in [0.25, 0.3) is 0 Å². The lowest BCUT2D eigenvalue weighted by Gasteiger charge is -2.19. The number of nitro benzene ring substituents is 1. The summed E-state index contributed by atoms with van der Waals surface area (Å²) in [4.78, 5) is 12.7. The van der Waals surface area contributed by atoms with Crippen LogP contribution >= 0.6 is 0 Å². The molecule has 0 atom stereocenters. The Morgan fingerprint density at radius 2 is 1.19 bits per heavy atom. The van der Waals surface area contributed by atoms with Crippen molar-refractivity contribution in [1.29, 1.82) is 10.5 Å². The molecule has 0 unspecified atom stereocenters. The van der Waals surface area contributed by atoms with Crippen molar-refractivity contribution in [2.45, 2.75) is 103 Å². The maximum atomic E-state index is 11.4. The lowest BCUT2D eigenvalue weighted by molar-refractivity contribution is -0.384. The van der Waals surface area contributed by atoms with Gasteiger partial charge >= 0.3 is 0 Å². The fourth-order valence-corrected chi connectivity index (χ4v) is 4.05. The van der Waals surface area contributed by atoms with Crippen LogP contribution in [0.2, 0.25) is 0 Å². The van der Waals surface area contributed by atoms with Crippen LogP contribution in [0.5, 0.6) is 0 Å². The summed E-state index contributed by atoms with van der Waals surface area (Å²) in [7, 11) is 1.80. The van der Waals surface area contributed by atoms with E-state index in [9.17, 15) is 15.4 Å². The van der Waals surface area contributed by atoms with Crippen molar-refractivity contribution in [2.24, 2.45) is 0 Å². The molecular formula is C26H40N4O2. The van der Waals surface area contributed by atoms with Crippen LogP contribution in [0, 0.1) is 32.8 Å². The van der Waals surface area contributed by atoms with Gasteiger partial charge < -0.3 is 4.90 Å². The molecule has 0 amide bonds. The van der Waals surface area contributed by atoms with Crippen LogP contribution in [0.1, 0.15) is 114 Å². The molecule has 1 aromatic carbocycles. The Balaban J connectivity index is 2.18. The minimum absolute atomic E-state index is 0.0447. The number of anilines is 1. The second kappa shape index (κ2) is 17.0. The average molecular weight is 441 g/mol. The van der Waals surface area contributed by atoms with Gasteiger partial charge in [0.1, 0.15) is 17.8 Å². The summed E-state index contributed by atoms with van der Waals surface area (Å²) in [6.45, 7) is 2.95. The van der Waals surface area contributed by atoms with Gasteiger partial charge in [-0.25, -0.2) is 0 Å². The van der Waals surface area contributed by atoms with E-state index in [0.717, 1.165) is 12.8 Å². The summed E-state index contributed by atoms with van der Waals surface area (Å²) in [6, 6.07) is 6.49. The molecule has 0 aliphatic heterocycles. The van der Waals surface area contributed by atoms with E-state index in [4.69, 9.17) is 5.26 Å². The van der Waals surface area contributed by atoms with Gasteiger partial charge in [0.2, 0.25) is 0 Å². The maximum Gasteiger partial charge on any atom is 0.293 e. The predicted octanol–water partition coefficient (Wildman–Crippen LogP) is 7.65. The topological polar surface area (TPSA) is 94.0 Å². The van der Waals surface area contributed by atoms with E-state index in [-0.39, 0.29) is 16.8 Å². The number of benzene rings is 1. The highest BCUT2D eigenvalue weighted by molar-refractivity contribution is 5.69. The second-order valence-electron chi connectivity index (χ2n) is 8.74. The van der Waals surface area contributed by atoms with E-state index in [1.165, 1.54) is 95.6 Å². The molecule has 0 saturated heterocycles. The fourth-order valence-electron chi connectivity index (χ4n) is 4.05. The summed E-state index contributed by atoms with van der Waals surface area (Å²) >= 11 is 0. The van der Waals surface area contributed by atoms with E-state index in [1.54, 1.807) is 7.05 Å². The van der Waals surface area contributed by atoms with Gasteiger partial charge in [-0.1, -0.05) is 96.8 Å². The first-order valence-corrected chi connectivity index (χ1v) is 12.4. The standard InChI is InChI=1S/C26H40N4O2/c1-3-4-5-6-7-8-9-10-11-12-13-14-15-16-17-18-29(2)25-19-23(21-27)24(22-28)20-26(25)30(31)32/h19-20H,3-18H2,1-2H3. The monoisotopic (exact) mass is 440 g/mol. The smallest absolute Gasteiger partial charge is 0.293 e. The number of hydrogen-bond donors (Lipinski definition) is 0. The summed E-state index contributed by atoms with van der Waals surface area (Å²) in [5.41, 5.74) is 0.500. The lowest BCUT2D eigenvalue weighted by atomic mass is 10.0. The molecule has 0 heterocycles. The highest BCUT2D eigenvalue weighted by Gasteiger charge is 2.21. The van der Waals surface area contributed by atoms with Crippen LogP contribution in [-0.4, -0.2) is 18.5 Å². The van der Waals surface area contributed by atoms with Crippen molar-refractivity contribution >= 4 is 11.4 Å². The third-order valence-electron chi connectivity index (χ3n) is 6.06. The highest BCUT2D eigenvalue weighted by Crippen LogP contribution is 2.31. The van der Waals surface area contributed by atoms with Crippen LogP contribution in [0.15, 0.2) is 12.1 Å². The number of nitro groups is 1. The van der Waals surface area contributed by atoms with Crippen LogP contribution in [0.4, 0.5) is 11.4 Å². The molecule has 0 saturated carbocycles. The zero-order chi connectivity index (χ0) is 23.6. The molecule has 0 fully saturated rings. The van der Waals surface area contributed by atoms with Gasteiger partial charge in [0.25, 0.3) is 5.69 Å². The minimum Gasteiger partial charge on any atom is -0.369 e. The third kappa shape index (κ3) is 10.6. The predicted molar refractivity (Wildman–Crippen MR) is 131 cm³/mol. The summed E-state index contributed by atoms with van der Waals surface area (Å²) in [5.74, 6) is 0. The summed E-state index contributed by atoms with van der Waals surface area (Å²) < 4.78 is 0. The van der Waals surface area contributed by atoms with Gasteiger partial charge in [-0.05, 0) is 12.5 Å². The normalized spacial score (nSPS) is 10.5. The first-order valence-electron chi connectivity index (χ1n) is 12.4. The quantitative estimate of drug-likeness (QED) is 0.133. The van der Waals surface area contributed by atoms with Crippen LogP contribution < -0.4 is 4.90 Å². The average Bonchev–Trinajstić information content (AvgIpc) is 2.80. The Morgan fingerprint density at radius 1 is 0.781 bits per heavy atom. The Bertz CT molecular complexity index is 764. The molecule has 0 aliphatic carbocycles. The molecule has 6 heteroatoms. The molecule has 1 aromatic rings. The van der Waals surface area contributed by atoms with E-state index in [0.29, 0.717) is 12.2 Å². The molecule has 0 spiro atoms. The Labute approximate surface area is 194 Å². The van der Waals surface area contributed by atoms with Gasteiger partial charge in [0.15, 0.2) is 0 Å². The third-order valence-corrected chi connectivity index (χ3v) is 6.06. The number of nitriles is 2. The Morgan fingerprint density at radius 3 is 1.59 bits per heavy atom. The highest BCUT2D eigenvalue weighted by atomic mass is 16.6. The Hall–Kier alpha value is -2.60. The number of hydrogen-bond acceptors (Lipinski definition) is 5. The molecule has 176 valence electrons. The first-order chi connectivity index (χ1) is 15.5. The van der Waals surface area contributed by atoms with Crippen LogP contribution in [0.3, 0.4) is 0 Å². The molecule has 0 radical (unpaired) electrons. The second-order valence-corrected chi connectivity index (χ2v) is 8.74. The molecule has 0 aromatic heterocycles. The van der Waals surface area contributed by atoms with Crippen molar-refractivity contribution in [3.8, 4) is 12.1 Å². The van der Waals surface area contributed by atoms with Crippen molar-refractivity contribution in [2.75, 3.05) is 18.5 Å². The minimum atomic E-state index is -0.486. The molecule has 1 rings (SSSR count). The number of unbranched alkanes of at least 4 members (excludes halogenated alkanes) is 14. The Kier molecular flexibility index (Phi) is 14.6. The maximum absolute atomic E-state index is 11.4. The largest absolute Gasteiger partial charge is 0.369 e. The van der Waals surface area contributed by atoms with Crippen LogP contribution in [-0.2, 0) is 0 Å². The van der Waals surface area contributed by atoms with Crippen molar-refractivity contribution in [1.82, 2.24) is 0 Å². The van der Waals surface area contributed by atoms with E-state index in [1.807, 2.05) is 17.0 Å².